The van der Waals surface area contributed by atoms with Crippen molar-refractivity contribution in [2.45, 2.75) is 32.2 Å². The van der Waals surface area contributed by atoms with Crippen LogP contribution in [0.1, 0.15) is 29.8 Å². The quantitative estimate of drug-likeness (QED) is 0.410. The lowest BCUT2D eigenvalue weighted by atomic mass is 9.78. The Kier molecular flexibility index (Phi) is 7.01. The van der Waals surface area contributed by atoms with Gasteiger partial charge < -0.3 is 15.2 Å². The van der Waals surface area contributed by atoms with Crippen LogP contribution in [0.4, 0.5) is 0 Å². The molecule has 0 bridgehead atoms. The lowest BCUT2D eigenvalue weighted by Crippen LogP contribution is -2.42. The molecule has 0 saturated carbocycles. The van der Waals surface area contributed by atoms with Gasteiger partial charge in [-0.05, 0) is 17.5 Å². The molecule has 1 atom stereocenters. The number of nitrogens with one attached hydrogen (secondary N) is 2. The van der Waals surface area contributed by atoms with Crippen molar-refractivity contribution in [2.24, 2.45) is 4.99 Å². The highest BCUT2D eigenvalue weighted by atomic mass is 127. The third-order valence-electron chi connectivity index (χ3n) is 4.36. The number of hydrogen-bond donors (Lipinski definition) is 2. The van der Waals surface area contributed by atoms with E-state index in [0.29, 0.717) is 5.92 Å². The number of aliphatic imine (C=N–C) groups is 1. The van der Waals surface area contributed by atoms with Gasteiger partial charge in [-0.25, -0.2) is 0 Å². The zero-order valence-electron chi connectivity index (χ0n) is 14.2. The smallest absolute Gasteiger partial charge is 0.191 e. The molecule has 0 saturated heterocycles. The molecule has 1 aliphatic rings. The summed E-state index contributed by atoms with van der Waals surface area (Å²) < 4.78 is 2.07. The van der Waals surface area contributed by atoms with Gasteiger partial charge in [-0.3, -0.25) is 4.99 Å². The van der Waals surface area contributed by atoms with E-state index in [2.05, 4.69) is 61.6 Å². The van der Waals surface area contributed by atoms with Gasteiger partial charge in [-0.15, -0.1) is 34.2 Å². The number of guanidine groups is 1. The molecule has 130 valence electrons. The minimum atomic E-state index is 0. The molecule has 1 aromatic heterocycles. The molecule has 0 radical (unpaired) electrons. The Bertz CT molecular complexity index is 681. The van der Waals surface area contributed by atoms with Crippen LogP contribution < -0.4 is 10.6 Å². The van der Waals surface area contributed by atoms with Crippen LogP contribution in [0, 0.1) is 0 Å². The van der Waals surface area contributed by atoms with Crippen molar-refractivity contribution in [3.05, 3.63) is 47.5 Å². The number of nitrogens with zero attached hydrogens (tertiary/aromatic N) is 4. The second kappa shape index (κ2) is 9.00. The SMILES string of the molecule is CCc1nncn1CCNC(=NC)NCC1Cc2ccccc21.I. The second-order valence-electron chi connectivity index (χ2n) is 5.77. The van der Waals surface area contributed by atoms with Crippen molar-refractivity contribution >= 4 is 29.9 Å². The molecule has 0 fully saturated rings. The highest BCUT2D eigenvalue weighted by Gasteiger charge is 2.25. The van der Waals surface area contributed by atoms with Gasteiger partial charge in [0, 0.05) is 39.0 Å². The van der Waals surface area contributed by atoms with E-state index < -0.39 is 0 Å². The maximum Gasteiger partial charge on any atom is 0.191 e. The fourth-order valence-corrected chi connectivity index (χ4v) is 3.02. The average Bonchev–Trinajstić information content (AvgIpc) is 3.01. The summed E-state index contributed by atoms with van der Waals surface area (Å²) in [5, 5.41) is 14.8. The second-order valence-corrected chi connectivity index (χ2v) is 5.77. The first-order valence-electron chi connectivity index (χ1n) is 8.20. The van der Waals surface area contributed by atoms with E-state index in [-0.39, 0.29) is 24.0 Å². The fourth-order valence-electron chi connectivity index (χ4n) is 3.02. The van der Waals surface area contributed by atoms with Crippen molar-refractivity contribution in [1.82, 2.24) is 25.4 Å². The molecule has 1 aliphatic carbocycles. The summed E-state index contributed by atoms with van der Waals surface area (Å²) in [4.78, 5) is 4.29. The van der Waals surface area contributed by atoms with Crippen molar-refractivity contribution in [3.8, 4) is 0 Å². The normalized spacial score (nSPS) is 15.9. The van der Waals surface area contributed by atoms with Crippen LogP contribution in [0.25, 0.3) is 0 Å². The molecule has 2 N–H and O–H groups in total. The first-order chi connectivity index (χ1) is 11.3. The molecule has 1 unspecified atom stereocenters. The van der Waals surface area contributed by atoms with E-state index >= 15 is 0 Å². The maximum absolute atomic E-state index is 4.29. The minimum absolute atomic E-state index is 0. The Morgan fingerprint density at radius 1 is 1.33 bits per heavy atom. The van der Waals surface area contributed by atoms with Crippen molar-refractivity contribution in [2.75, 3.05) is 20.1 Å². The van der Waals surface area contributed by atoms with Crippen LogP contribution >= 0.6 is 24.0 Å². The molecule has 1 heterocycles. The first kappa shape index (κ1) is 18.7. The summed E-state index contributed by atoms with van der Waals surface area (Å²) in [6.07, 6.45) is 3.83. The van der Waals surface area contributed by atoms with E-state index in [1.54, 1.807) is 13.4 Å². The van der Waals surface area contributed by atoms with Crippen molar-refractivity contribution < 1.29 is 0 Å². The summed E-state index contributed by atoms with van der Waals surface area (Å²) in [5.41, 5.74) is 2.94. The molecule has 1 aromatic carbocycles. The van der Waals surface area contributed by atoms with Gasteiger partial charge in [0.05, 0.1) is 0 Å². The van der Waals surface area contributed by atoms with E-state index in [9.17, 15) is 0 Å². The Hall–Kier alpha value is -1.64. The summed E-state index contributed by atoms with van der Waals surface area (Å²) in [6.45, 7) is 4.64. The highest BCUT2D eigenvalue weighted by Crippen LogP contribution is 2.33. The zero-order valence-corrected chi connectivity index (χ0v) is 16.5. The summed E-state index contributed by atoms with van der Waals surface area (Å²) in [5.74, 6) is 2.45. The molecular formula is C17H25IN6. The third-order valence-corrected chi connectivity index (χ3v) is 4.36. The van der Waals surface area contributed by atoms with Crippen LogP contribution in [-0.2, 0) is 19.4 Å². The molecule has 3 rings (SSSR count). The largest absolute Gasteiger partial charge is 0.356 e. The van der Waals surface area contributed by atoms with Crippen LogP contribution in [0.15, 0.2) is 35.6 Å². The zero-order chi connectivity index (χ0) is 16.1. The van der Waals surface area contributed by atoms with Gasteiger partial charge in [0.1, 0.15) is 12.2 Å². The van der Waals surface area contributed by atoms with E-state index in [1.807, 2.05) is 0 Å². The Balaban J connectivity index is 0.00000208. The van der Waals surface area contributed by atoms with Gasteiger partial charge in [0.2, 0.25) is 0 Å². The summed E-state index contributed by atoms with van der Waals surface area (Å²) in [6, 6.07) is 8.66. The average molecular weight is 440 g/mol. The molecule has 24 heavy (non-hydrogen) atoms. The number of aryl methyl sites for hydroxylation is 1. The van der Waals surface area contributed by atoms with Crippen LogP contribution in [-0.4, -0.2) is 40.9 Å². The molecule has 7 heteroatoms. The monoisotopic (exact) mass is 440 g/mol. The summed E-state index contributed by atoms with van der Waals surface area (Å²) in [7, 11) is 1.81. The molecule has 6 nitrogen and oxygen atoms in total. The first-order valence-corrected chi connectivity index (χ1v) is 8.20. The van der Waals surface area contributed by atoms with E-state index in [4.69, 9.17) is 0 Å². The molecular weight excluding hydrogens is 415 g/mol. The third kappa shape index (κ3) is 4.25. The lowest BCUT2D eigenvalue weighted by Gasteiger charge is -2.30. The predicted molar refractivity (Wildman–Crippen MR) is 107 cm³/mol. The number of fused-ring (bicyclic) bond motifs is 1. The standard InChI is InChI=1S/C17H24N6.HI/c1-3-16-22-21-12-23(16)9-8-19-17(18-2)20-11-14-10-13-6-4-5-7-15(13)14;/h4-7,12,14H,3,8-11H2,1-2H3,(H2,18,19,20);1H. The van der Waals surface area contributed by atoms with Gasteiger partial charge in [0.25, 0.3) is 0 Å². The molecule has 0 aliphatic heterocycles. The topological polar surface area (TPSA) is 67.1 Å². The predicted octanol–water partition coefficient (Wildman–Crippen LogP) is 1.96. The van der Waals surface area contributed by atoms with E-state index in [0.717, 1.165) is 44.3 Å². The van der Waals surface area contributed by atoms with Gasteiger partial charge in [-0.1, -0.05) is 31.2 Å². The van der Waals surface area contributed by atoms with E-state index in [1.165, 1.54) is 11.1 Å². The van der Waals surface area contributed by atoms with Crippen LogP contribution in [0.2, 0.25) is 0 Å². The number of benzene rings is 1. The molecule has 0 amide bonds. The van der Waals surface area contributed by atoms with Crippen molar-refractivity contribution in [1.29, 1.82) is 0 Å². The van der Waals surface area contributed by atoms with Crippen LogP contribution in [0.5, 0.6) is 0 Å². The minimum Gasteiger partial charge on any atom is -0.356 e. The molecule has 2 aromatic rings. The van der Waals surface area contributed by atoms with Gasteiger partial charge >= 0.3 is 0 Å². The Morgan fingerprint density at radius 3 is 2.92 bits per heavy atom. The van der Waals surface area contributed by atoms with Crippen molar-refractivity contribution in [3.63, 3.8) is 0 Å². The molecule has 0 spiro atoms. The van der Waals surface area contributed by atoms with Gasteiger partial charge in [0.15, 0.2) is 5.96 Å². The fraction of sp³-hybridized carbons (Fsp3) is 0.471. The lowest BCUT2D eigenvalue weighted by molar-refractivity contribution is 0.578. The van der Waals surface area contributed by atoms with Gasteiger partial charge in [-0.2, -0.15) is 0 Å². The van der Waals surface area contributed by atoms with Crippen LogP contribution in [0.3, 0.4) is 0 Å². The summed E-state index contributed by atoms with van der Waals surface area (Å²) >= 11 is 0. The Morgan fingerprint density at radius 2 is 2.17 bits per heavy atom. The highest BCUT2D eigenvalue weighted by molar-refractivity contribution is 14.0. The number of rotatable bonds is 6. The number of hydrogen-bond acceptors (Lipinski definition) is 3. The maximum atomic E-state index is 4.29. The number of halogens is 1. The number of aromatic nitrogens is 3. The Labute approximate surface area is 160 Å².